The Labute approximate surface area is 196 Å². The molecule has 1 aliphatic rings. The highest BCUT2D eigenvalue weighted by Crippen LogP contribution is 2.24. The third-order valence-electron chi connectivity index (χ3n) is 5.95. The van der Waals surface area contributed by atoms with E-state index in [1.54, 1.807) is 4.68 Å². The molecule has 0 saturated heterocycles. The van der Waals surface area contributed by atoms with Crippen LogP contribution < -0.4 is 11.1 Å². The maximum Gasteiger partial charge on any atom is 0.175 e. The van der Waals surface area contributed by atoms with E-state index in [2.05, 4.69) is 69.2 Å². The highest BCUT2D eigenvalue weighted by Gasteiger charge is 2.20. The van der Waals surface area contributed by atoms with Crippen molar-refractivity contribution in [3.63, 3.8) is 0 Å². The van der Waals surface area contributed by atoms with Gasteiger partial charge in [0.05, 0.1) is 6.10 Å². The van der Waals surface area contributed by atoms with Crippen LogP contribution in [0.15, 0.2) is 30.6 Å². The zero-order valence-corrected chi connectivity index (χ0v) is 20.8. The second-order valence-corrected chi connectivity index (χ2v) is 15.6. The number of nitrogens with two attached hydrogens (primary N) is 1. The van der Waals surface area contributed by atoms with Gasteiger partial charge in [0.25, 0.3) is 0 Å². The number of ether oxygens (including phenoxy) is 1. The fourth-order valence-corrected chi connectivity index (χ4v) is 4.82. The molecule has 0 radical (unpaired) electrons. The zero-order valence-electron chi connectivity index (χ0n) is 19.8. The van der Waals surface area contributed by atoms with Crippen LogP contribution in [-0.4, -0.2) is 70.2 Å². The van der Waals surface area contributed by atoms with E-state index in [9.17, 15) is 5.11 Å². The number of nitrogen functional groups attached to an aromatic ring is 1. The van der Waals surface area contributed by atoms with Gasteiger partial charge in [0.15, 0.2) is 11.6 Å². The molecule has 9 nitrogen and oxygen atoms in total. The van der Waals surface area contributed by atoms with E-state index in [0.29, 0.717) is 42.4 Å². The van der Waals surface area contributed by atoms with Crippen molar-refractivity contribution in [1.29, 1.82) is 0 Å². The summed E-state index contributed by atoms with van der Waals surface area (Å²) in [5.74, 6) is 0.942. The van der Waals surface area contributed by atoms with Gasteiger partial charge in [-0.3, -0.25) is 4.90 Å². The number of aliphatic hydroxyl groups excluding tert-OH is 1. The minimum Gasteiger partial charge on any atom is -0.390 e. The molecule has 1 aromatic carbocycles. The molecule has 4 N–H and O–H groups in total. The Morgan fingerprint density at radius 1 is 1.21 bits per heavy atom. The molecule has 0 bridgehead atoms. The average molecular weight is 470 g/mol. The summed E-state index contributed by atoms with van der Waals surface area (Å²) in [6.45, 7) is 10.7. The van der Waals surface area contributed by atoms with Crippen LogP contribution in [0.1, 0.15) is 11.1 Å². The summed E-state index contributed by atoms with van der Waals surface area (Å²) in [6, 6.07) is 9.60. The van der Waals surface area contributed by atoms with Crippen molar-refractivity contribution in [3.8, 4) is 0 Å². The molecular formula is C23H35N7O2Si. The summed E-state index contributed by atoms with van der Waals surface area (Å²) in [5.41, 5.74) is 10.1. The molecule has 10 heteroatoms. The maximum absolute atomic E-state index is 10.7. The quantitative estimate of drug-likeness (QED) is 0.307. The van der Waals surface area contributed by atoms with Gasteiger partial charge in [-0.05, 0) is 23.6 Å². The van der Waals surface area contributed by atoms with Crippen molar-refractivity contribution in [2.75, 3.05) is 37.3 Å². The van der Waals surface area contributed by atoms with Crippen molar-refractivity contribution < 1.29 is 9.84 Å². The van der Waals surface area contributed by atoms with Crippen molar-refractivity contribution in [1.82, 2.24) is 24.6 Å². The van der Waals surface area contributed by atoms with E-state index in [4.69, 9.17) is 10.5 Å². The van der Waals surface area contributed by atoms with Crippen LogP contribution in [0.3, 0.4) is 0 Å². The number of anilines is 2. The highest BCUT2D eigenvalue weighted by molar-refractivity contribution is 6.76. The number of nitrogens with one attached hydrogen (secondary N) is 1. The van der Waals surface area contributed by atoms with Gasteiger partial charge in [-0.2, -0.15) is 5.10 Å². The molecule has 4 rings (SSSR count). The van der Waals surface area contributed by atoms with E-state index in [-0.39, 0.29) is 6.73 Å². The van der Waals surface area contributed by atoms with Crippen LogP contribution in [-0.2, 0) is 24.4 Å². The van der Waals surface area contributed by atoms with E-state index >= 15 is 0 Å². The number of hydrogen-bond acceptors (Lipinski definition) is 8. The largest absolute Gasteiger partial charge is 0.390 e. The Bertz CT molecular complexity index is 1080. The number of aromatic nitrogens is 4. The van der Waals surface area contributed by atoms with Crippen molar-refractivity contribution in [2.24, 2.45) is 0 Å². The average Bonchev–Trinajstić information content (AvgIpc) is 3.13. The predicted molar refractivity (Wildman–Crippen MR) is 134 cm³/mol. The molecular weight excluding hydrogens is 434 g/mol. The van der Waals surface area contributed by atoms with Gasteiger partial charge in [-0.15, -0.1) is 0 Å². The second kappa shape index (κ2) is 10.2. The van der Waals surface area contributed by atoms with E-state index < -0.39 is 14.2 Å². The Hall–Kier alpha value is -2.53. The Balaban J connectivity index is 1.36. The number of β-amino-alcohol motifs (C(OH)–C–C–N with tert-alkyl or cyclic N) is 1. The molecule has 1 aliphatic heterocycles. The van der Waals surface area contributed by atoms with Gasteiger partial charge in [-0.25, -0.2) is 14.6 Å². The number of rotatable bonds is 10. The second-order valence-electron chi connectivity index (χ2n) is 9.94. The predicted octanol–water partition coefficient (Wildman–Crippen LogP) is 2.55. The van der Waals surface area contributed by atoms with Crippen molar-refractivity contribution in [3.05, 3.63) is 41.7 Å². The summed E-state index contributed by atoms with van der Waals surface area (Å²) in [4.78, 5) is 10.8. The van der Waals surface area contributed by atoms with Gasteiger partial charge >= 0.3 is 0 Å². The fourth-order valence-electron chi connectivity index (χ4n) is 4.07. The topological polar surface area (TPSA) is 114 Å². The smallest absolute Gasteiger partial charge is 0.175 e. The molecule has 33 heavy (non-hydrogen) atoms. The number of aliphatic hydroxyl groups is 1. The summed E-state index contributed by atoms with van der Waals surface area (Å²) < 4.78 is 7.57. The van der Waals surface area contributed by atoms with Crippen LogP contribution in [0.5, 0.6) is 0 Å². The summed E-state index contributed by atoms with van der Waals surface area (Å²) in [5, 5.41) is 18.5. The molecule has 0 amide bonds. The van der Waals surface area contributed by atoms with Crippen molar-refractivity contribution in [2.45, 2.75) is 51.5 Å². The van der Waals surface area contributed by atoms with Crippen LogP contribution in [0.4, 0.5) is 11.6 Å². The van der Waals surface area contributed by atoms with Crippen LogP contribution >= 0.6 is 0 Å². The lowest BCUT2D eigenvalue weighted by molar-refractivity contribution is 0.0818. The Morgan fingerprint density at radius 3 is 2.79 bits per heavy atom. The lowest BCUT2D eigenvalue weighted by Gasteiger charge is -2.30. The van der Waals surface area contributed by atoms with Gasteiger partial charge in [0.2, 0.25) is 0 Å². The third kappa shape index (κ3) is 6.08. The minimum atomic E-state index is -1.17. The maximum atomic E-state index is 10.7. The Morgan fingerprint density at radius 2 is 2.00 bits per heavy atom. The normalized spacial score (nSPS) is 15.5. The first-order chi connectivity index (χ1) is 15.8. The first kappa shape index (κ1) is 23.6. The molecule has 3 aromatic rings. The minimum absolute atomic E-state index is 0.288. The Kier molecular flexibility index (Phi) is 7.28. The fraction of sp³-hybridized carbons (Fsp3) is 0.522. The van der Waals surface area contributed by atoms with Crippen LogP contribution in [0.2, 0.25) is 25.7 Å². The van der Waals surface area contributed by atoms with E-state index in [1.165, 1.54) is 17.5 Å². The summed E-state index contributed by atoms with van der Waals surface area (Å²) >= 11 is 0. The van der Waals surface area contributed by atoms with Crippen LogP contribution in [0.25, 0.3) is 11.0 Å². The van der Waals surface area contributed by atoms with E-state index in [0.717, 1.165) is 25.6 Å². The molecule has 3 heterocycles. The molecule has 0 aliphatic carbocycles. The van der Waals surface area contributed by atoms with Crippen LogP contribution in [0, 0.1) is 0 Å². The SMILES string of the molecule is C[Si](C)(C)CCOCn1nc(NC[C@H](O)CN2CCc3ccccc3C2)c2ncnc(N)c21. The first-order valence-corrected chi connectivity index (χ1v) is 15.3. The molecule has 0 unspecified atom stereocenters. The van der Waals surface area contributed by atoms with Gasteiger partial charge in [-0.1, -0.05) is 43.9 Å². The zero-order chi connectivity index (χ0) is 23.4. The molecule has 1 atom stereocenters. The molecule has 0 fully saturated rings. The number of fused-ring (bicyclic) bond motifs is 2. The molecule has 0 spiro atoms. The molecule has 178 valence electrons. The number of benzene rings is 1. The van der Waals surface area contributed by atoms with Gasteiger partial charge in [0, 0.05) is 40.9 Å². The highest BCUT2D eigenvalue weighted by atomic mass is 28.3. The van der Waals surface area contributed by atoms with Gasteiger partial charge < -0.3 is 20.9 Å². The van der Waals surface area contributed by atoms with Gasteiger partial charge in [0.1, 0.15) is 24.1 Å². The molecule has 0 saturated carbocycles. The lowest BCUT2D eigenvalue weighted by Crippen LogP contribution is -2.39. The monoisotopic (exact) mass is 469 g/mol. The summed E-state index contributed by atoms with van der Waals surface area (Å²) in [7, 11) is -1.17. The standard InChI is InChI=1S/C23H35N7O2Si/c1-33(2,3)11-10-32-16-30-21-20(26-15-27-22(21)24)23(28-30)25-12-19(31)14-29-9-8-17-6-4-5-7-18(17)13-29/h4-7,15,19,31H,8-14,16H2,1-3H3,(H,25,28)(H2,24,26,27)/t19-/m0/s1. The first-order valence-electron chi connectivity index (χ1n) is 11.6. The number of hydrogen-bond donors (Lipinski definition) is 3. The summed E-state index contributed by atoms with van der Waals surface area (Å²) in [6.07, 6.45) is 1.91. The molecule has 2 aromatic heterocycles. The number of nitrogens with zero attached hydrogens (tertiary/aromatic N) is 5. The van der Waals surface area contributed by atoms with E-state index in [1.807, 2.05) is 0 Å². The van der Waals surface area contributed by atoms with Crippen molar-refractivity contribution >= 4 is 30.7 Å². The lowest BCUT2D eigenvalue weighted by atomic mass is 10.00. The third-order valence-corrected chi connectivity index (χ3v) is 7.65.